The molecule has 1 rings (SSSR count). The number of rotatable bonds is 4. The van der Waals surface area contributed by atoms with Crippen molar-refractivity contribution >= 4 is 23.3 Å². The smallest absolute Gasteiger partial charge is 0.460 e. The molecule has 0 bridgehead atoms. The Labute approximate surface area is 105 Å². The third-order valence-corrected chi connectivity index (χ3v) is 2.05. The largest absolute Gasteiger partial charge is 0.522 e. The third kappa shape index (κ3) is 4.80. The summed E-state index contributed by atoms with van der Waals surface area (Å²) in [6.07, 6.45) is -4.74. The van der Waals surface area contributed by atoms with Crippen LogP contribution in [0.4, 0.5) is 18.9 Å². The Bertz CT molecular complexity index is 437. The van der Waals surface area contributed by atoms with Gasteiger partial charge in [0.1, 0.15) is 6.61 Å². The number of benzene rings is 1. The number of hydrogen-bond acceptors (Lipinski definition) is 4. The number of halogens is 4. The number of carbonyl (C=O) groups excluding carboxylic acids is 1. The number of alkyl halides is 3. The van der Waals surface area contributed by atoms with E-state index in [0.717, 1.165) is 0 Å². The number of anilines is 1. The molecule has 0 fully saturated rings. The van der Waals surface area contributed by atoms with Gasteiger partial charge in [-0.25, -0.2) is 4.79 Å². The molecule has 0 spiro atoms. The van der Waals surface area contributed by atoms with Gasteiger partial charge in [-0.05, 0) is 18.2 Å². The van der Waals surface area contributed by atoms with Crippen LogP contribution >= 0.6 is 11.6 Å². The summed E-state index contributed by atoms with van der Waals surface area (Å²) in [5, 5.41) is 0.337. The van der Waals surface area contributed by atoms with Gasteiger partial charge in [0, 0.05) is 10.7 Å². The number of nitrogen functional groups attached to an aromatic ring is 1. The molecule has 0 amide bonds. The molecule has 0 heterocycles. The lowest BCUT2D eigenvalue weighted by molar-refractivity contribution is -0.326. The maximum Gasteiger partial charge on any atom is 0.522 e. The first-order valence-electron chi connectivity index (χ1n) is 4.72. The van der Waals surface area contributed by atoms with Crippen LogP contribution in [0.15, 0.2) is 18.2 Å². The molecule has 0 saturated carbocycles. The van der Waals surface area contributed by atoms with Gasteiger partial charge in [-0.15, -0.1) is 13.2 Å². The highest BCUT2D eigenvalue weighted by Crippen LogP contribution is 2.19. The summed E-state index contributed by atoms with van der Waals surface area (Å²) in [5.41, 5.74) is 5.62. The van der Waals surface area contributed by atoms with Crippen LogP contribution in [0.25, 0.3) is 0 Å². The molecule has 0 unspecified atom stereocenters. The molecule has 1 aromatic carbocycles. The Morgan fingerprint density at radius 2 is 2.00 bits per heavy atom. The van der Waals surface area contributed by atoms with E-state index >= 15 is 0 Å². The molecule has 0 aliphatic carbocycles. The van der Waals surface area contributed by atoms with Gasteiger partial charge < -0.3 is 10.5 Å². The molecule has 0 aromatic heterocycles. The average Bonchev–Trinajstić information content (AvgIpc) is 2.22. The molecule has 18 heavy (non-hydrogen) atoms. The van der Waals surface area contributed by atoms with E-state index < -0.39 is 25.5 Å². The van der Waals surface area contributed by atoms with Gasteiger partial charge in [-0.1, -0.05) is 11.6 Å². The number of nitrogens with two attached hydrogens (primary N) is 1. The molecule has 1 aromatic rings. The first kappa shape index (κ1) is 14.6. The lowest BCUT2D eigenvalue weighted by atomic mass is 10.2. The maximum absolute atomic E-state index is 11.6. The Morgan fingerprint density at radius 3 is 2.56 bits per heavy atom. The molecule has 0 atom stereocenters. The van der Waals surface area contributed by atoms with Gasteiger partial charge in [0.15, 0.2) is 0 Å². The number of hydrogen-bond donors (Lipinski definition) is 1. The van der Waals surface area contributed by atoms with E-state index in [0.29, 0.717) is 5.02 Å². The summed E-state index contributed by atoms with van der Waals surface area (Å²) in [6, 6.07) is 4.08. The second kappa shape index (κ2) is 5.92. The fourth-order valence-electron chi connectivity index (χ4n) is 1.09. The van der Waals surface area contributed by atoms with Crippen LogP contribution < -0.4 is 5.73 Å². The summed E-state index contributed by atoms with van der Waals surface area (Å²) in [6.45, 7) is -1.30. The van der Waals surface area contributed by atoms with Crippen molar-refractivity contribution in [2.75, 3.05) is 18.9 Å². The predicted octanol–water partition coefficient (Wildman–Crippen LogP) is 2.62. The number of esters is 1. The van der Waals surface area contributed by atoms with E-state index in [1.165, 1.54) is 18.2 Å². The molecular weight excluding hydrogens is 275 g/mol. The zero-order valence-electron chi connectivity index (χ0n) is 8.96. The van der Waals surface area contributed by atoms with Crippen LogP contribution in [0.2, 0.25) is 5.02 Å². The lowest BCUT2D eigenvalue weighted by Gasteiger charge is -2.09. The Hall–Kier alpha value is -1.47. The van der Waals surface area contributed by atoms with Crippen molar-refractivity contribution in [3.05, 3.63) is 28.8 Å². The highest BCUT2D eigenvalue weighted by molar-refractivity contribution is 6.31. The topological polar surface area (TPSA) is 61.6 Å². The lowest BCUT2D eigenvalue weighted by Crippen LogP contribution is -2.19. The van der Waals surface area contributed by atoms with E-state index in [4.69, 9.17) is 17.3 Å². The maximum atomic E-state index is 11.6. The van der Waals surface area contributed by atoms with Gasteiger partial charge in [0.05, 0.1) is 12.2 Å². The second-order valence-electron chi connectivity index (χ2n) is 3.16. The van der Waals surface area contributed by atoms with E-state index in [2.05, 4.69) is 9.47 Å². The van der Waals surface area contributed by atoms with Crippen molar-refractivity contribution in [1.29, 1.82) is 0 Å². The summed E-state index contributed by atoms with van der Waals surface area (Å²) in [5.74, 6) is -0.838. The van der Waals surface area contributed by atoms with Gasteiger partial charge >= 0.3 is 12.3 Å². The predicted molar refractivity (Wildman–Crippen MR) is 58.2 cm³/mol. The minimum absolute atomic E-state index is 0.0337. The van der Waals surface area contributed by atoms with Crippen LogP contribution in [0.3, 0.4) is 0 Å². The molecule has 8 heteroatoms. The van der Waals surface area contributed by atoms with E-state index in [1.54, 1.807) is 0 Å². The standard InChI is InChI=1S/C10H9ClF3NO3/c11-6-1-2-7(8(15)5-6)9(16)17-3-4-18-10(12,13)14/h1-2,5H,3-4,15H2. The summed E-state index contributed by atoms with van der Waals surface area (Å²) in [7, 11) is 0. The first-order valence-corrected chi connectivity index (χ1v) is 5.10. The summed E-state index contributed by atoms with van der Waals surface area (Å²) >= 11 is 5.62. The van der Waals surface area contributed by atoms with Gasteiger partial charge in [-0.3, -0.25) is 4.74 Å². The summed E-state index contributed by atoms with van der Waals surface area (Å²) in [4.78, 5) is 11.4. The Balaban J connectivity index is 2.46. The molecule has 4 nitrogen and oxygen atoms in total. The zero-order chi connectivity index (χ0) is 13.8. The van der Waals surface area contributed by atoms with Crippen LogP contribution in [-0.2, 0) is 9.47 Å². The van der Waals surface area contributed by atoms with Crippen molar-refractivity contribution in [3.8, 4) is 0 Å². The number of carbonyl (C=O) groups is 1. The summed E-state index contributed by atoms with van der Waals surface area (Å²) < 4.78 is 42.8. The highest BCUT2D eigenvalue weighted by Gasteiger charge is 2.28. The first-order chi connectivity index (χ1) is 8.29. The fourth-order valence-corrected chi connectivity index (χ4v) is 1.27. The zero-order valence-corrected chi connectivity index (χ0v) is 9.72. The van der Waals surface area contributed by atoms with Crippen LogP contribution in [0.1, 0.15) is 10.4 Å². The van der Waals surface area contributed by atoms with Crippen molar-refractivity contribution in [3.63, 3.8) is 0 Å². The highest BCUT2D eigenvalue weighted by atomic mass is 35.5. The van der Waals surface area contributed by atoms with E-state index in [9.17, 15) is 18.0 Å². The van der Waals surface area contributed by atoms with Crippen molar-refractivity contribution in [2.24, 2.45) is 0 Å². The fraction of sp³-hybridized carbons (Fsp3) is 0.300. The molecule has 0 radical (unpaired) electrons. The quantitative estimate of drug-likeness (QED) is 0.524. The Morgan fingerprint density at radius 1 is 1.33 bits per heavy atom. The van der Waals surface area contributed by atoms with E-state index in [1.807, 2.05) is 0 Å². The third-order valence-electron chi connectivity index (χ3n) is 1.82. The molecule has 0 aliphatic heterocycles. The van der Waals surface area contributed by atoms with Gasteiger partial charge in [0.25, 0.3) is 0 Å². The molecule has 0 saturated heterocycles. The number of ether oxygens (including phenoxy) is 2. The Kier molecular flexibility index (Phi) is 4.80. The molecule has 100 valence electrons. The normalized spacial score (nSPS) is 11.3. The molecule has 2 N–H and O–H groups in total. The van der Waals surface area contributed by atoms with Crippen molar-refractivity contribution in [1.82, 2.24) is 0 Å². The minimum Gasteiger partial charge on any atom is -0.460 e. The molecule has 0 aliphatic rings. The SMILES string of the molecule is Nc1cc(Cl)ccc1C(=O)OCCOC(F)(F)F. The van der Waals surface area contributed by atoms with Crippen LogP contribution in [0, 0.1) is 0 Å². The average molecular weight is 284 g/mol. The van der Waals surface area contributed by atoms with Gasteiger partial charge in [-0.2, -0.15) is 0 Å². The van der Waals surface area contributed by atoms with Crippen LogP contribution in [0.5, 0.6) is 0 Å². The van der Waals surface area contributed by atoms with E-state index in [-0.39, 0.29) is 11.3 Å². The molecular formula is C10H9ClF3NO3. The van der Waals surface area contributed by atoms with Gasteiger partial charge in [0.2, 0.25) is 0 Å². The van der Waals surface area contributed by atoms with Crippen molar-refractivity contribution < 1.29 is 27.4 Å². The van der Waals surface area contributed by atoms with Crippen LogP contribution in [-0.4, -0.2) is 25.5 Å². The monoisotopic (exact) mass is 283 g/mol. The van der Waals surface area contributed by atoms with Crippen molar-refractivity contribution in [2.45, 2.75) is 6.36 Å². The minimum atomic E-state index is -4.74. The second-order valence-corrected chi connectivity index (χ2v) is 3.60.